The van der Waals surface area contributed by atoms with Gasteiger partial charge in [-0.15, -0.1) is 0 Å². The van der Waals surface area contributed by atoms with Gasteiger partial charge in [0.1, 0.15) is 5.60 Å². The average molecular weight is 349 g/mol. The first kappa shape index (κ1) is 20.4. The molecule has 0 radical (unpaired) electrons. The van der Waals surface area contributed by atoms with E-state index in [0.717, 1.165) is 31.2 Å². The van der Waals surface area contributed by atoms with Crippen LogP contribution in [0.25, 0.3) is 0 Å². The quantitative estimate of drug-likeness (QED) is 0.241. The molecule has 1 fully saturated rings. The third kappa shape index (κ3) is 5.80. The van der Waals surface area contributed by atoms with E-state index in [1.54, 1.807) is 0 Å². The number of hydrogen-bond acceptors (Lipinski definition) is 3. The molecule has 0 N–H and O–H groups in total. The lowest BCUT2D eigenvalue weighted by atomic mass is 9.70. The lowest BCUT2D eigenvalue weighted by molar-refractivity contribution is -0.477. The summed E-state index contributed by atoms with van der Waals surface area (Å²) >= 11 is 0. The number of ether oxygens (including phenoxy) is 1. The number of unbranched alkanes of at least 4 members (excludes halogenated alkanes) is 1. The van der Waals surface area contributed by atoms with Crippen LogP contribution in [0.2, 0.25) is 0 Å². The van der Waals surface area contributed by atoms with Crippen LogP contribution in [0.1, 0.15) is 79.2 Å². The van der Waals surface area contributed by atoms with Crippen molar-refractivity contribution in [1.29, 1.82) is 0 Å². The molecule has 0 bridgehead atoms. The summed E-state index contributed by atoms with van der Waals surface area (Å²) < 4.78 is 6.30. The standard InChI is InChI=1S/C22H36O3/c1-7-8-14-23-22(16-18(2)15-20(3,4)17-22)25-24-21(5,6)19-12-10-9-11-13-19/h9-13,18H,7-8,14-17H2,1-6H3. The molecule has 0 aromatic heterocycles. The summed E-state index contributed by atoms with van der Waals surface area (Å²) in [6, 6.07) is 10.2. The first-order chi connectivity index (χ1) is 11.7. The Morgan fingerprint density at radius 1 is 1.12 bits per heavy atom. The Balaban J connectivity index is 2.13. The highest BCUT2D eigenvalue weighted by Crippen LogP contribution is 2.47. The molecule has 1 saturated carbocycles. The summed E-state index contributed by atoms with van der Waals surface area (Å²) in [6.45, 7) is 13.9. The van der Waals surface area contributed by atoms with Crippen LogP contribution < -0.4 is 0 Å². The van der Waals surface area contributed by atoms with Gasteiger partial charge in [-0.3, -0.25) is 0 Å². The predicted octanol–water partition coefficient (Wildman–Crippen LogP) is 6.23. The Kier molecular flexibility index (Phi) is 6.69. The van der Waals surface area contributed by atoms with Crippen LogP contribution in [0.5, 0.6) is 0 Å². The lowest BCUT2D eigenvalue weighted by Gasteiger charge is -2.46. The number of rotatable bonds is 8. The Morgan fingerprint density at radius 2 is 1.80 bits per heavy atom. The molecule has 1 aliphatic carbocycles. The van der Waals surface area contributed by atoms with Crippen molar-refractivity contribution in [3.63, 3.8) is 0 Å². The van der Waals surface area contributed by atoms with E-state index in [9.17, 15) is 0 Å². The fourth-order valence-electron chi connectivity index (χ4n) is 4.09. The SMILES string of the molecule is CCCCOC1(OOC(C)(C)c2ccccc2)CC(C)CC(C)(C)C1. The summed E-state index contributed by atoms with van der Waals surface area (Å²) in [5.41, 5.74) is 0.763. The highest BCUT2D eigenvalue weighted by Gasteiger charge is 2.47. The summed E-state index contributed by atoms with van der Waals surface area (Å²) in [4.78, 5) is 12.1. The maximum atomic E-state index is 6.30. The Bertz CT molecular complexity index is 523. The minimum absolute atomic E-state index is 0.185. The van der Waals surface area contributed by atoms with Crippen LogP contribution in [0.3, 0.4) is 0 Å². The normalized spacial score (nSPS) is 26.6. The summed E-state index contributed by atoms with van der Waals surface area (Å²) in [5.74, 6) is -0.101. The van der Waals surface area contributed by atoms with Crippen LogP contribution in [-0.2, 0) is 20.1 Å². The van der Waals surface area contributed by atoms with Gasteiger partial charge < -0.3 is 4.74 Å². The lowest BCUT2D eigenvalue weighted by Crippen LogP contribution is -2.47. The van der Waals surface area contributed by atoms with Crippen molar-refractivity contribution in [2.24, 2.45) is 11.3 Å². The maximum absolute atomic E-state index is 6.30. The number of benzene rings is 1. The van der Waals surface area contributed by atoms with Gasteiger partial charge in [-0.25, -0.2) is 9.78 Å². The van der Waals surface area contributed by atoms with Gasteiger partial charge in [0, 0.05) is 12.8 Å². The van der Waals surface area contributed by atoms with Gasteiger partial charge >= 0.3 is 0 Å². The Morgan fingerprint density at radius 3 is 2.40 bits per heavy atom. The molecule has 1 aromatic carbocycles. The van der Waals surface area contributed by atoms with Gasteiger partial charge in [0.15, 0.2) is 0 Å². The van der Waals surface area contributed by atoms with Gasteiger partial charge in [-0.05, 0) is 43.6 Å². The smallest absolute Gasteiger partial charge is 0.202 e. The minimum Gasteiger partial charge on any atom is -0.347 e. The first-order valence-corrected chi connectivity index (χ1v) is 9.74. The van der Waals surface area contributed by atoms with Crippen molar-refractivity contribution in [3.8, 4) is 0 Å². The van der Waals surface area contributed by atoms with Crippen LogP contribution >= 0.6 is 0 Å². The summed E-state index contributed by atoms with van der Waals surface area (Å²) in [7, 11) is 0. The van der Waals surface area contributed by atoms with Crippen molar-refractivity contribution >= 4 is 0 Å². The molecule has 2 rings (SSSR count). The zero-order valence-corrected chi connectivity index (χ0v) is 16.9. The van der Waals surface area contributed by atoms with Crippen molar-refractivity contribution < 1.29 is 14.5 Å². The molecule has 0 heterocycles. The van der Waals surface area contributed by atoms with E-state index >= 15 is 0 Å². The van der Waals surface area contributed by atoms with Gasteiger partial charge in [0.05, 0.1) is 6.61 Å². The molecule has 1 aromatic rings. The van der Waals surface area contributed by atoms with Crippen molar-refractivity contribution in [3.05, 3.63) is 35.9 Å². The van der Waals surface area contributed by atoms with Crippen LogP contribution in [0.15, 0.2) is 30.3 Å². The van der Waals surface area contributed by atoms with Gasteiger partial charge in [0.2, 0.25) is 5.79 Å². The second-order valence-electron chi connectivity index (χ2n) is 9.01. The monoisotopic (exact) mass is 348 g/mol. The molecule has 0 amide bonds. The van der Waals surface area contributed by atoms with Crippen LogP contribution in [-0.4, -0.2) is 12.4 Å². The van der Waals surface area contributed by atoms with E-state index in [4.69, 9.17) is 14.5 Å². The third-order valence-corrected chi connectivity index (χ3v) is 5.04. The molecule has 2 atom stereocenters. The second kappa shape index (κ2) is 8.20. The van der Waals surface area contributed by atoms with E-state index in [1.807, 2.05) is 32.0 Å². The zero-order valence-electron chi connectivity index (χ0n) is 16.9. The fraction of sp³-hybridized carbons (Fsp3) is 0.727. The van der Waals surface area contributed by atoms with E-state index in [0.29, 0.717) is 12.5 Å². The molecule has 0 aliphatic heterocycles. The highest BCUT2D eigenvalue weighted by molar-refractivity contribution is 5.20. The summed E-state index contributed by atoms with van der Waals surface area (Å²) in [6.07, 6.45) is 5.09. The van der Waals surface area contributed by atoms with Crippen LogP contribution in [0, 0.1) is 11.3 Å². The van der Waals surface area contributed by atoms with Gasteiger partial charge in [-0.1, -0.05) is 64.4 Å². The first-order valence-electron chi connectivity index (χ1n) is 9.74. The molecule has 0 spiro atoms. The Hall–Kier alpha value is -0.900. The van der Waals surface area contributed by atoms with Crippen molar-refractivity contribution in [2.45, 2.75) is 85.0 Å². The van der Waals surface area contributed by atoms with Gasteiger partial charge in [0.25, 0.3) is 0 Å². The molecule has 25 heavy (non-hydrogen) atoms. The third-order valence-electron chi connectivity index (χ3n) is 5.04. The van der Waals surface area contributed by atoms with E-state index in [1.165, 1.54) is 6.42 Å². The largest absolute Gasteiger partial charge is 0.347 e. The molecule has 3 heteroatoms. The maximum Gasteiger partial charge on any atom is 0.202 e. The predicted molar refractivity (Wildman–Crippen MR) is 102 cm³/mol. The molecule has 3 nitrogen and oxygen atoms in total. The minimum atomic E-state index is -0.650. The van der Waals surface area contributed by atoms with Gasteiger partial charge in [-0.2, -0.15) is 0 Å². The topological polar surface area (TPSA) is 27.7 Å². The molecule has 142 valence electrons. The van der Waals surface area contributed by atoms with Crippen LogP contribution in [0.4, 0.5) is 0 Å². The van der Waals surface area contributed by atoms with Crippen molar-refractivity contribution in [2.75, 3.05) is 6.61 Å². The highest BCUT2D eigenvalue weighted by atomic mass is 17.2. The number of hydrogen-bond donors (Lipinski definition) is 0. The van der Waals surface area contributed by atoms with E-state index in [-0.39, 0.29) is 5.41 Å². The molecule has 0 saturated heterocycles. The molecule has 1 aliphatic rings. The molecule has 2 unspecified atom stereocenters. The zero-order chi connectivity index (χ0) is 18.6. The van der Waals surface area contributed by atoms with Crippen molar-refractivity contribution in [1.82, 2.24) is 0 Å². The van der Waals surface area contributed by atoms with E-state index < -0.39 is 11.4 Å². The summed E-state index contributed by atoms with van der Waals surface area (Å²) in [5, 5.41) is 0. The fourth-order valence-corrected chi connectivity index (χ4v) is 4.09. The van der Waals surface area contributed by atoms with E-state index in [2.05, 4.69) is 39.8 Å². The molecular formula is C22H36O3. The second-order valence-corrected chi connectivity index (χ2v) is 9.01. The Labute approximate surface area is 154 Å². The molecular weight excluding hydrogens is 312 g/mol. The average Bonchev–Trinajstić information content (AvgIpc) is 2.52.